The molecular weight excluding hydrogens is 608 g/mol. The molecule has 3 aromatic rings. The lowest BCUT2D eigenvalue weighted by molar-refractivity contribution is -0.148. The molecule has 2 heterocycles. The van der Waals surface area contributed by atoms with Crippen molar-refractivity contribution < 1.29 is 49.3 Å². The molecule has 0 radical (unpaired) electrons. The van der Waals surface area contributed by atoms with Gasteiger partial charge in [-0.2, -0.15) is 13.2 Å². The second kappa shape index (κ2) is 11.6. The number of amides is 2. The third-order valence-electron chi connectivity index (χ3n) is 7.85. The molecule has 1 aromatic carbocycles. The molecule has 2 amide bonds. The lowest BCUT2D eigenvalue weighted by Gasteiger charge is -2.33. The number of H-pyrrole nitrogens is 1. The quantitative estimate of drug-likeness (QED) is 0.232. The Bertz CT molecular complexity index is 1520. The summed E-state index contributed by atoms with van der Waals surface area (Å²) >= 11 is 0. The molecule has 0 bridgehead atoms. The Morgan fingerprint density at radius 2 is 1.77 bits per heavy atom. The number of aromatic nitrogens is 4. The first kappa shape index (κ1) is 31.6. The fourth-order valence-electron chi connectivity index (χ4n) is 5.43. The van der Waals surface area contributed by atoms with Crippen LogP contribution in [-0.4, -0.2) is 56.7 Å². The first-order valence-corrected chi connectivity index (χ1v) is 13.9. The fourth-order valence-corrected chi connectivity index (χ4v) is 5.43. The highest BCUT2D eigenvalue weighted by atomic mass is 19.4. The zero-order valence-electron chi connectivity index (χ0n) is 23.2. The minimum absolute atomic E-state index is 0.0158. The normalized spacial score (nSPS) is 19.1. The third-order valence-corrected chi connectivity index (χ3v) is 7.85. The maximum absolute atomic E-state index is 15.8. The average molecular weight is 637 g/mol. The number of halogens is 8. The van der Waals surface area contributed by atoms with Crippen LogP contribution in [0.1, 0.15) is 97.3 Å². The van der Waals surface area contributed by atoms with E-state index in [1.165, 1.54) is 0 Å². The summed E-state index contributed by atoms with van der Waals surface area (Å²) in [5.74, 6) is -12.7. The number of nitrogens with one attached hydrogen (secondary N) is 3. The van der Waals surface area contributed by atoms with E-state index in [0.29, 0.717) is 12.6 Å². The Labute approximate surface area is 244 Å². The summed E-state index contributed by atoms with van der Waals surface area (Å²) in [7, 11) is 0. The number of hydrogen-bond acceptors (Lipinski definition) is 6. The topological polar surface area (TPSA) is 126 Å². The van der Waals surface area contributed by atoms with E-state index in [2.05, 4.69) is 25.6 Å². The molecule has 5 rings (SSSR count). The molecule has 0 aliphatic heterocycles. The number of benzene rings is 1. The number of aromatic amines is 1. The highest BCUT2D eigenvalue weighted by Crippen LogP contribution is 2.43. The van der Waals surface area contributed by atoms with E-state index in [1.807, 2.05) is 0 Å². The molecule has 2 aliphatic rings. The van der Waals surface area contributed by atoms with Crippen LogP contribution in [0.15, 0.2) is 16.8 Å². The summed E-state index contributed by atoms with van der Waals surface area (Å²) < 4.78 is 115. The minimum Gasteiger partial charge on any atom is -0.350 e. The molecule has 2 saturated carbocycles. The van der Waals surface area contributed by atoms with Crippen molar-refractivity contribution in [2.75, 3.05) is 6.54 Å². The van der Waals surface area contributed by atoms with E-state index in [-0.39, 0.29) is 35.8 Å². The van der Waals surface area contributed by atoms with E-state index < -0.39 is 90.4 Å². The van der Waals surface area contributed by atoms with Gasteiger partial charge in [0.25, 0.3) is 11.8 Å². The third kappa shape index (κ3) is 7.29. The summed E-state index contributed by atoms with van der Waals surface area (Å²) in [6.45, 7) is -0.805. The molecule has 2 fully saturated rings. The summed E-state index contributed by atoms with van der Waals surface area (Å²) in [6, 6.07) is 1.01. The molecule has 240 valence electrons. The van der Waals surface area contributed by atoms with Gasteiger partial charge in [0, 0.05) is 31.2 Å². The largest absolute Gasteiger partial charge is 0.390 e. The van der Waals surface area contributed by atoms with Crippen LogP contribution in [0.2, 0.25) is 0 Å². The summed E-state index contributed by atoms with van der Waals surface area (Å²) in [5.41, 5.74) is -0.992. The van der Waals surface area contributed by atoms with Crippen molar-refractivity contribution in [1.82, 2.24) is 30.9 Å². The van der Waals surface area contributed by atoms with Gasteiger partial charge in [-0.3, -0.25) is 9.59 Å². The molecule has 2 aliphatic carbocycles. The average Bonchev–Trinajstić information content (AvgIpc) is 3.47. The number of imidazole rings is 1. The van der Waals surface area contributed by atoms with Crippen molar-refractivity contribution >= 4 is 22.8 Å². The van der Waals surface area contributed by atoms with Crippen LogP contribution in [-0.2, 0) is 4.79 Å². The van der Waals surface area contributed by atoms with Crippen LogP contribution >= 0.6 is 0 Å². The number of nitrogens with zero attached hydrogens (tertiary/aromatic N) is 3. The van der Waals surface area contributed by atoms with Gasteiger partial charge < -0.3 is 15.6 Å². The second-order valence-electron chi connectivity index (χ2n) is 11.6. The van der Waals surface area contributed by atoms with Crippen molar-refractivity contribution in [1.29, 1.82) is 0 Å². The maximum atomic E-state index is 15.8. The lowest BCUT2D eigenvalue weighted by Crippen LogP contribution is -2.39. The molecule has 17 heteroatoms. The molecule has 2 atom stereocenters. The number of fused-ring (bicyclic) bond motifs is 1. The van der Waals surface area contributed by atoms with Gasteiger partial charge in [-0.1, -0.05) is 11.2 Å². The van der Waals surface area contributed by atoms with E-state index in [4.69, 9.17) is 4.63 Å². The summed E-state index contributed by atoms with van der Waals surface area (Å²) in [5, 5.41) is 11.9. The smallest absolute Gasteiger partial charge is 0.350 e. The number of hydrogen-bond donors (Lipinski definition) is 3. The molecule has 0 saturated heterocycles. The molecular formula is C27H28F8N6O3. The number of carbonyl (C=O) groups is 2. The highest BCUT2D eigenvalue weighted by Gasteiger charge is 2.42. The first-order chi connectivity index (χ1) is 20.5. The summed E-state index contributed by atoms with van der Waals surface area (Å²) in [6.07, 6.45) is -6.28. The van der Waals surface area contributed by atoms with Crippen LogP contribution < -0.4 is 10.6 Å². The second-order valence-corrected chi connectivity index (χ2v) is 11.6. The Morgan fingerprint density at radius 1 is 1.09 bits per heavy atom. The van der Waals surface area contributed by atoms with Gasteiger partial charge in [-0.25, -0.2) is 31.6 Å². The van der Waals surface area contributed by atoms with Gasteiger partial charge >= 0.3 is 6.18 Å². The van der Waals surface area contributed by atoms with Gasteiger partial charge in [0.1, 0.15) is 17.0 Å². The highest BCUT2D eigenvalue weighted by molar-refractivity contribution is 5.93. The van der Waals surface area contributed by atoms with Crippen molar-refractivity contribution in [2.24, 2.45) is 5.92 Å². The van der Waals surface area contributed by atoms with Crippen LogP contribution in [0.4, 0.5) is 35.1 Å². The Balaban J connectivity index is 1.49. The zero-order chi connectivity index (χ0) is 32.0. The van der Waals surface area contributed by atoms with Gasteiger partial charge in [-0.05, 0) is 42.8 Å². The molecule has 0 spiro atoms. The van der Waals surface area contributed by atoms with E-state index >= 15 is 4.39 Å². The van der Waals surface area contributed by atoms with Crippen molar-refractivity contribution in [3.63, 3.8) is 0 Å². The number of alkyl halides is 7. The van der Waals surface area contributed by atoms with Crippen molar-refractivity contribution in [2.45, 2.75) is 87.8 Å². The van der Waals surface area contributed by atoms with Gasteiger partial charge in [0.2, 0.25) is 11.8 Å². The van der Waals surface area contributed by atoms with Crippen molar-refractivity contribution in [3.8, 4) is 0 Å². The zero-order valence-corrected chi connectivity index (χ0v) is 23.2. The Hall–Kier alpha value is -3.79. The molecule has 1 unspecified atom stereocenters. The monoisotopic (exact) mass is 636 g/mol. The number of rotatable bonds is 10. The molecule has 2 aromatic heterocycles. The van der Waals surface area contributed by atoms with Crippen LogP contribution in [0.25, 0.3) is 11.0 Å². The minimum atomic E-state index is -4.96. The Kier molecular flexibility index (Phi) is 8.35. The summed E-state index contributed by atoms with van der Waals surface area (Å²) in [4.78, 5) is 32.8. The van der Waals surface area contributed by atoms with Crippen molar-refractivity contribution in [3.05, 3.63) is 40.7 Å². The molecule has 9 nitrogen and oxygen atoms in total. The van der Waals surface area contributed by atoms with E-state index in [0.717, 1.165) is 25.0 Å². The van der Waals surface area contributed by atoms with Crippen LogP contribution in [0, 0.1) is 11.7 Å². The molecule has 3 N–H and O–H groups in total. The molecule has 44 heavy (non-hydrogen) atoms. The lowest BCUT2D eigenvalue weighted by atomic mass is 9.81. The van der Waals surface area contributed by atoms with E-state index in [9.17, 15) is 40.3 Å². The number of carbonyl (C=O) groups excluding carboxylic acids is 2. The van der Waals surface area contributed by atoms with Gasteiger partial charge in [0.05, 0.1) is 30.4 Å². The standard InChI is InChI=1S/C27H28F8N6O3/c1-25(29,30)11-36-23(42)15(10-27(33,34)35)14-4-5-16-20(17(14)28)38-22(37-16)19(13-6-8-26(31,32)9-7-13)39-24(43)21-18(12-2-3-12)40-44-41-21/h4-5,12-13,15,19H,2-3,6-11H2,1H3,(H,36,42)(H,37,38)(H,39,43)/t15-,19?/m1/s1. The van der Waals surface area contributed by atoms with Crippen LogP contribution in [0.3, 0.4) is 0 Å². The maximum Gasteiger partial charge on any atom is 0.390 e. The SMILES string of the molecule is CC(F)(F)CNC(=O)[C@H](CC(F)(F)F)c1ccc2[nH]c(C(NC(=O)c3nonc3C3CC3)C3CCC(F)(F)CC3)nc2c1F. The fraction of sp³-hybridized carbons (Fsp3) is 0.593. The van der Waals surface area contributed by atoms with Crippen LogP contribution in [0.5, 0.6) is 0 Å². The first-order valence-electron chi connectivity index (χ1n) is 13.9. The van der Waals surface area contributed by atoms with Gasteiger partial charge in [-0.15, -0.1) is 0 Å². The predicted octanol–water partition coefficient (Wildman–Crippen LogP) is 6.07. The van der Waals surface area contributed by atoms with Gasteiger partial charge in [0.15, 0.2) is 11.5 Å². The van der Waals surface area contributed by atoms with E-state index in [1.54, 1.807) is 5.32 Å². The Morgan fingerprint density at radius 3 is 2.39 bits per heavy atom. The predicted molar refractivity (Wildman–Crippen MR) is 136 cm³/mol.